The molecular weight excluding hydrogens is 420 g/mol. The summed E-state index contributed by atoms with van der Waals surface area (Å²) < 4.78 is 0. The molecular formula is C35H70. The van der Waals surface area contributed by atoms with Gasteiger partial charge in [-0.05, 0) is 31.6 Å². The highest BCUT2D eigenvalue weighted by Gasteiger charge is 2.02. The van der Waals surface area contributed by atoms with E-state index in [1.54, 1.807) is 0 Å². The molecule has 0 aromatic rings. The molecule has 0 N–H and O–H groups in total. The fraction of sp³-hybridized carbons (Fsp3) is 0.943. The Kier molecular flexibility index (Phi) is 31.5. The van der Waals surface area contributed by atoms with Gasteiger partial charge in [0.2, 0.25) is 0 Å². The summed E-state index contributed by atoms with van der Waals surface area (Å²) in [6.07, 6.45) is 46.8. The SMILES string of the molecule is CCCCCCCC=CCCCCCCCCCCCC(C)CCCCCCCCCCCCC. The summed E-state index contributed by atoms with van der Waals surface area (Å²) in [6, 6.07) is 0. The second-order valence-electron chi connectivity index (χ2n) is 11.9. The summed E-state index contributed by atoms with van der Waals surface area (Å²) in [5.74, 6) is 0.962. The van der Waals surface area contributed by atoms with E-state index in [-0.39, 0.29) is 0 Å². The molecule has 0 spiro atoms. The smallest absolute Gasteiger partial charge is 0.0351 e. The molecule has 0 heterocycles. The Morgan fingerprint density at radius 3 is 0.914 bits per heavy atom. The van der Waals surface area contributed by atoms with E-state index < -0.39 is 0 Å². The molecule has 0 aliphatic heterocycles. The van der Waals surface area contributed by atoms with E-state index in [2.05, 4.69) is 32.9 Å². The summed E-state index contributed by atoms with van der Waals surface area (Å²) in [6.45, 7) is 7.10. The minimum atomic E-state index is 0.962. The molecule has 0 nitrogen and oxygen atoms in total. The van der Waals surface area contributed by atoms with E-state index in [0.29, 0.717) is 0 Å². The van der Waals surface area contributed by atoms with E-state index in [1.807, 2.05) is 0 Å². The van der Waals surface area contributed by atoms with Crippen molar-refractivity contribution in [2.45, 2.75) is 207 Å². The molecule has 0 amide bonds. The van der Waals surface area contributed by atoms with E-state index in [4.69, 9.17) is 0 Å². The third kappa shape index (κ3) is 31.7. The lowest BCUT2D eigenvalue weighted by Crippen LogP contribution is -1.95. The third-order valence-corrected chi connectivity index (χ3v) is 8.01. The van der Waals surface area contributed by atoms with Gasteiger partial charge in [-0.3, -0.25) is 0 Å². The van der Waals surface area contributed by atoms with E-state index in [9.17, 15) is 0 Å². The van der Waals surface area contributed by atoms with Crippen LogP contribution < -0.4 is 0 Å². The van der Waals surface area contributed by atoms with Crippen molar-refractivity contribution in [2.75, 3.05) is 0 Å². The van der Waals surface area contributed by atoms with Crippen LogP contribution in [-0.2, 0) is 0 Å². The van der Waals surface area contributed by atoms with Crippen LogP contribution in [0.15, 0.2) is 12.2 Å². The van der Waals surface area contributed by atoms with Crippen molar-refractivity contribution < 1.29 is 0 Å². The van der Waals surface area contributed by atoms with Crippen molar-refractivity contribution in [3.63, 3.8) is 0 Å². The number of hydrogen-bond acceptors (Lipinski definition) is 0. The maximum Gasteiger partial charge on any atom is -0.0351 e. The van der Waals surface area contributed by atoms with Crippen LogP contribution in [0.3, 0.4) is 0 Å². The molecule has 0 rings (SSSR count). The zero-order valence-corrected chi connectivity index (χ0v) is 25.2. The molecule has 0 aliphatic rings. The van der Waals surface area contributed by atoms with Gasteiger partial charge in [0.25, 0.3) is 0 Å². The first-order valence-electron chi connectivity index (χ1n) is 17.0. The lowest BCUT2D eigenvalue weighted by atomic mass is 9.95. The van der Waals surface area contributed by atoms with Gasteiger partial charge in [0, 0.05) is 0 Å². The maximum absolute atomic E-state index is 2.50. The predicted molar refractivity (Wildman–Crippen MR) is 164 cm³/mol. The molecule has 0 saturated carbocycles. The van der Waals surface area contributed by atoms with Crippen LogP contribution in [0.5, 0.6) is 0 Å². The number of unbranched alkanes of at least 4 members (excludes halogenated alkanes) is 24. The highest BCUT2D eigenvalue weighted by Crippen LogP contribution is 2.19. The minimum absolute atomic E-state index is 0.962. The van der Waals surface area contributed by atoms with Crippen LogP contribution in [0.2, 0.25) is 0 Å². The van der Waals surface area contributed by atoms with E-state index in [1.165, 1.54) is 186 Å². The van der Waals surface area contributed by atoms with Crippen LogP contribution in [0.4, 0.5) is 0 Å². The van der Waals surface area contributed by atoms with Gasteiger partial charge < -0.3 is 0 Å². The first-order chi connectivity index (χ1) is 17.3. The fourth-order valence-electron chi connectivity index (χ4n) is 5.40. The number of hydrogen-bond donors (Lipinski definition) is 0. The van der Waals surface area contributed by atoms with Gasteiger partial charge in [-0.1, -0.05) is 193 Å². The maximum atomic E-state index is 2.50. The molecule has 210 valence electrons. The Bertz CT molecular complexity index is 381. The average molecular weight is 491 g/mol. The molecule has 0 fully saturated rings. The zero-order chi connectivity index (χ0) is 25.5. The van der Waals surface area contributed by atoms with Crippen LogP contribution in [0.1, 0.15) is 207 Å². The largest absolute Gasteiger partial charge is 0.0885 e. The lowest BCUT2D eigenvalue weighted by Gasteiger charge is -2.11. The van der Waals surface area contributed by atoms with Gasteiger partial charge in [-0.2, -0.15) is 0 Å². The van der Waals surface area contributed by atoms with Crippen LogP contribution >= 0.6 is 0 Å². The van der Waals surface area contributed by atoms with Crippen LogP contribution in [0.25, 0.3) is 0 Å². The second-order valence-corrected chi connectivity index (χ2v) is 11.9. The Morgan fingerprint density at radius 2 is 0.600 bits per heavy atom. The highest BCUT2D eigenvalue weighted by atomic mass is 14.1. The Morgan fingerprint density at radius 1 is 0.343 bits per heavy atom. The summed E-state index contributed by atoms with van der Waals surface area (Å²) in [5, 5.41) is 0. The molecule has 35 heavy (non-hydrogen) atoms. The van der Waals surface area contributed by atoms with Gasteiger partial charge in [0.1, 0.15) is 0 Å². The highest BCUT2D eigenvalue weighted by molar-refractivity contribution is 4.81. The quantitative estimate of drug-likeness (QED) is 0.0693. The lowest BCUT2D eigenvalue weighted by molar-refractivity contribution is 0.430. The molecule has 1 atom stereocenters. The molecule has 0 bridgehead atoms. The monoisotopic (exact) mass is 491 g/mol. The number of rotatable bonds is 30. The molecule has 0 heteroatoms. The first-order valence-corrected chi connectivity index (χ1v) is 17.0. The van der Waals surface area contributed by atoms with Crippen molar-refractivity contribution in [3.8, 4) is 0 Å². The van der Waals surface area contributed by atoms with Crippen LogP contribution in [-0.4, -0.2) is 0 Å². The molecule has 0 aliphatic carbocycles. The van der Waals surface area contributed by atoms with Gasteiger partial charge in [-0.15, -0.1) is 0 Å². The van der Waals surface area contributed by atoms with Gasteiger partial charge >= 0.3 is 0 Å². The summed E-state index contributed by atoms with van der Waals surface area (Å²) in [4.78, 5) is 0. The van der Waals surface area contributed by atoms with E-state index >= 15 is 0 Å². The molecule has 0 aromatic heterocycles. The summed E-state index contributed by atoms with van der Waals surface area (Å²) in [5.41, 5.74) is 0. The Hall–Kier alpha value is -0.260. The number of allylic oxidation sites excluding steroid dienone is 2. The standard InChI is InChI=1S/C35H70/c1-4-6-8-10-12-14-16-17-18-19-20-21-22-24-26-28-30-32-34-35(3)33-31-29-27-25-23-15-13-11-9-7-5-2/h16-17,35H,4-15,18-34H2,1-3H3. The fourth-order valence-corrected chi connectivity index (χ4v) is 5.40. The minimum Gasteiger partial charge on any atom is -0.0885 e. The Balaban J connectivity index is 3.17. The summed E-state index contributed by atoms with van der Waals surface area (Å²) in [7, 11) is 0. The zero-order valence-electron chi connectivity index (χ0n) is 25.2. The van der Waals surface area contributed by atoms with Crippen molar-refractivity contribution in [2.24, 2.45) is 5.92 Å². The van der Waals surface area contributed by atoms with Crippen LogP contribution in [0, 0.1) is 5.92 Å². The Labute approximate surface area is 224 Å². The van der Waals surface area contributed by atoms with E-state index in [0.717, 1.165) is 5.92 Å². The van der Waals surface area contributed by atoms with Crippen molar-refractivity contribution in [3.05, 3.63) is 12.2 Å². The van der Waals surface area contributed by atoms with Gasteiger partial charge in [-0.25, -0.2) is 0 Å². The molecule has 0 saturated heterocycles. The molecule has 0 radical (unpaired) electrons. The van der Waals surface area contributed by atoms with Gasteiger partial charge in [0.15, 0.2) is 0 Å². The first kappa shape index (κ1) is 34.7. The van der Waals surface area contributed by atoms with Crippen molar-refractivity contribution in [1.29, 1.82) is 0 Å². The third-order valence-electron chi connectivity index (χ3n) is 8.01. The molecule has 1 unspecified atom stereocenters. The molecule has 0 aromatic carbocycles. The topological polar surface area (TPSA) is 0 Å². The van der Waals surface area contributed by atoms with Crippen molar-refractivity contribution in [1.82, 2.24) is 0 Å². The average Bonchev–Trinajstić information content (AvgIpc) is 2.86. The van der Waals surface area contributed by atoms with Crippen molar-refractivity contribution >= 4 is 0 Å². The predicted octanol–water partition coefficient (Wildman–Crippen LogP) is 13.5. The normalized spacial score (nSPS) is 12.7. The second kappa shape index (κ2) is 31.8. The summed E-state index contributed by atoms with van der Waals surface area (Å²) >= 11 is 0. The van der Waals surface area contributed by atoms with Gasteiger partial charge in [0.05, 0.1) is 0 Å².